The minimum absolute atomic E-state index is 0.261. The van der Waals surface area contributed by atoms with Crippen molar-refractivity contribution in [3.05, 3.63) is 70.0 Å². The minimum Gasteiger partial charge on any atom is -0.387 e. The Morgan fingerprint density at radius 3 is 2.61 bits per heavy atom. The van der Waals surface area contributed by atoms with E-state index in [9.17, 15) is 19.1 Å². The largest absolute Gasteiger partial charge is 0.387 e. The summed E-state index contributed by atoms with van der Waals surface area (Å²) in [6, 6.07) is 8.61. The summed E-state index contributed by atoms with van der Waals surface area (Å²) in [4.78, 5) is 0.583. The van der Waals surface area contributed by atoms with Crippen molar-refractivity contribution in [3.63, 3.8) is 0 Å². The van der Waals surface area contributed by atoms with E-state index in [4.69, 9.17) is 32.7 Å². The third-order valence-electron chi connectivity index (χ3n) is 5.63. The second-order valence-electron chi connectivity index (χ2n) is 7.66. The number of aromatic nitrogens is 2. The van der Waals surface area contributed by atoms with Crippen LogP contribution < -0.4 is 0 Å². The fourth-order valence-electron chi connectivity index (χ4n) is 3.92. The number of benzene rings is 2. The van der Waals surface area contributed by atoms with Crippen molar-refractivity contribution in [2.24, 2.45) is 0 Å². The number of aliphatic hydroxyl groups excluding tert-OH is 1. The summed E-state index contributed by atoms with van der Waals surface area (Å²) in [6.07, 6.45) is 1.25. The van der Waals surface area contributed by atoms with Gasteiger partial charge in [-0.25, -0.2) is 8.78 Å². The van der Waals surface area contributed by atoms with Crippen LogP contribution in [0.2, 0.25) is 10.0 Å². The molecule has 0 aliphatic carbocycles. The van der Waals surface area contributed by atoms with E-state index in [0.29, 0.717) is 27.7 Å². The van der Waals surface area contributed by atoms with Crippen LogP contribution in [0.25, 0.3) is 11.1 Å². The Kier molecular flexibility index (Phi) is 6.07. The molecule has 2 saturated heterocycles. The third-order valence-corrected chi connectivity index (χ3v) is 7.44. The zero-order chi connectivity index (χ0) is 23.3. The van der Waals surface area contributed by atoms with E-state index in [-0.39, 0.29) is 11.7 Å². The molecule has 3 heterocycles. The number of ether oxygens (including phenoxy) is 2. The first kappa shape index (κ1) is 22.6. The molecule has 0 bridgehead atoms. The molecule has 33 heavy (non-hydrogen) atoms. The average Bonchev–Trinajstić information content (AvgIpc) is 3.26. The molecule has 2 fully saturated rings. The lowest BCUT2D eigenvalue weighted by atomic mass is 9.93. The monoisotopic (exact) mass is 509 g/mol. The molecule has 0 amide bonds. The van der Waals surface area contributed by atoms with E-state index in [1.807, 2.05) is 0 Å². The summed E-state index contributed by atoms with van der Waals surface area (Å²) < 4.78 is 41.0. The Bertz CT molecular complexity index is 1240. The molecule has 11 heteroatoms. The van der Waals surface area contributed by atoms with Gasteiger partial charge in [-0.2, -0.15) is 10.4 Å². The van der Waals surface area contributed by atoms with Crippen LogP contribution in [0, 0.1) is 23.0 Å². The molecule has 5 rings (SSSR count). The van der Waals surface area contributed by atoms with Gasteiger partial charge in [0.15, 0.2) is 0 Å². The van der Waals surface area contributed by atoms with Crippen LogP contribution >= 0.6 is 35.0 Å². The number of aliphatic hydroxyl groups is 1. The van der Waals surface area contributed by atoms with Crippen LogP contribution in [-0.4, -0.2) is 45.2 Å². The summed E-state index contributed by atoms with van der Waals surface area (Å²) in [5.41, 5.74) is 0.405. The number of hydrogen-bond acceptors (Lipinski definition) is 6. The number of rotatable bonds is 4. The van der Waals surface area contributed by atoms with Crippen LogP contribution in [0.4, 0.5) is 8.78 Å². The maximum Gasteiger partial charge on any atom is 0.145 e. The Balaban J connectivity index is 1.44. The van der Waals surface area contributed by atoms with Crippen LogP contribution in [0.1, 0.15) is 11.6 Å². The van der Waals surface area contributed by atoms with Crippen LogP contribution in [0.15, 0.2) is 47.6 Å². The molecule has 0 radical (unpaired) electrons. The smallest absolute Gasteiger partial charge is 0.145 e. The standard InChI is InChI=1S/C22H15Cl2F2N3O3S/c23-13-2-1-10(6-27)17(5-13)33-22-20(30)19(21-16(32-22)9-31-21)29-8-12(7-28-29)11-3-14(25)18(24)15(26)4-11/h1-5,7-8,16,19-22,30H,9H2. The molecule has 2 aliphatic rings. The predicted octanol–water partition coefficient (Wildman–Crippen LogP) is 4.82. The van der Waals surface area contributed by atoms with Crippen LogP contribution in [-0.2, 0) is 9.47 Å². The molecule has 0 saturated carbocycles. The predicted molar refractivity (Wildman–Crippen MR) is 118 cm³/mol. The topological polar surface area (TPSA) is 80.3 Å². The molecule has 5 atom stereocenters. The van der Waals surface area contributed by atoms with E-state index < -0.39 is 40.3 Å². The molecule has 0 spiro atoms. The Labute approximate surface area is 201 Å². The lowest BCUT2D eigenvalue weighted by molar-refractivity contribution is -0.266. The first-order valence-electron chi connectivity index (χ1n) is 9.86. The lowest BCUT2D eigenvalue weighted by Crippen LogP contribution is -2.62. The van der Waals surface area contributed by atoms with Crippen molar-refractivity contribution < 1.29 is 23.4 Å². The number of fused-ring (bicyclic) bond motifs is 1. The van der Waals surface area contributed by atoms with E-state index in [1.54, 1.807) is 24.4 Å². The molecule has 1 aromatic heterocycles. The number of nitrogens with zero attached hydrogens (tertiary/aromatic N) is 3. The van der Waals surface area contributed by atoms with Crippen molar-refractivity contribution >= 4 is 35.0 Å². The first-order chi connectivity index (χ1) is 15.9. The van der Waals surface area contributed by atoms with Crippen LogP contribution in [0.3, 0.4) is 0 Å². The fourth-order valence-corrected chi connectivity index (χ4v) is 5.45. The van der Waals surface area contributed by atoms with Gasteiger partial charge in [-0.1, -0.05) is 35.0 Å². The lowest BCUT2D eigenvalue weighted by Gasteiger charge is -2.50. The summed E-state index contributed by atoms with van der Waals surface area (Å²) in [5, 5.41) is 24.8. The molecule has 2 aromatic carbocycles. The molecular weight excluding hydrogens is 495 g/mol. The number of nitriles is 1. The molecule has 2 aliphatic heterocycles. The SMILES string of the molecule is N#Cc1ccc(Cl)cc1SC1OC2COC2C(n2cc(-c3cc(F)c(Cl)c(F)c3)cn2)C1O. The maximum atomic E-state index is 13.9. The zero-order valence-corrected chi connectivity index (χ0v) is 19.0. The highest BCUT2D eigenvalue weighted by molar-refractivity contribution is 7.99. The van der Waals surface area contributed by atoms with Gasteiger partial charge in [0, 0.05) is 21.7 Å². The number of thioether (sulfide) groups is 1. The average molecular weight is 510 g/mol. The van der Waals surface area contributed by atoms with Gasteiger partial charge < -0.3 is 14.6 Å². The quantitative estimate of drug-likeness (QED) is 0.507. The molecule has 1 N–H and O–H groups in total. The van der Waals surface area contributed by atoms with Gasteiger partial charge in [0.25, 0.3) is 0 Å². The van der Waals surface area contributed by atoms with Gasteiger partial charge in [-0.05, 0) is 35.9 Å². The molecule has 3 aromatic rings. The van der Waals surface area contributed by atoms with E-state index in [2.05, 4.69) is 11.2 Å². The van der Waals surface area contributed by atoms with Crippen molar-refractivity contribution in [2.45, 2.75) is 34.7 Å². The van der Waals surface area contributed by atoms with Gasteiger partial charge >= 0.3 is 0 Å². The van der Waals surface area contributed by atoms with Crippen molar-refractivity contribution in [1.82, 2.24) is 9.78 Å². The minimum atomic E-state index is -1.06. The van der Waals surface area contributed by atoms with Gasteiger partial charge in [0.05, 0.1) is 18.4 Å². The van der Waals surface area contributed by atoms with E-state index in [1.165, 1.54) is 22.6 Å². The summed E-state index contributed by atoms with van der Waals surface area (Å²) >= 11 is 12.9. The Morgan fingerprint density at radius 2 is 1.94 bits per heavy atom. The molecule has 5 unspecified atom stereocenters. The highest BCUT2D eigenvalue weighted by Crippen LogP contribution is 2.44. The van der Waals surface area contributed by atoms with Crippen LogP contribution in [0.5, 0.6) is 0 Å². The summed E-state index contributed by atoms with van der Waals surface area (Å²) in [7, 11) is 0. The second kappa shape index (κ2) is 8.87. The molecular formula is C22H15Cl2F2N3O3S. The number of halogens is 4. The highest BCUT2D eigenvalue weighted by Gasteiger charge is 2.52. The fraction of sp³-hybridized carbons (Fsp3) is 0.273. The summed E-state index contributed by atoms with van der Waals surface area (Å²) in [6.45, 7) is 0.354. The van der Waals surface area contributed by atoms with Gasteiger partial charge in [-0.15, -0.1) is 0 Å². The Hall–Kier alpha value is -2.19. The van der Waals surface area contributed by atoms with Gasteiger partial charge in [0.1, 0.15) is 52.5 Å². The van der Waals surface area contributed by atoms with E-state index >= 15 is 0 Å². The highest BCUT2D eigenvalue weighted by atomic mass is 35.5. The maximum absolute atomic E-state index is 13.9. The normalized spacial score (nSPS) is 26.4. The summed E-state index contributed by atoms with van der Waals surface area (Å²) in [5.74, 6) is -1.75. The second-order valence-corrected chi connectivity index (χ2v) is 9.61. The van der Waals surface area contributed by atoms with Gasteiger partial charge in [0.2, 0.25) is 0 Å². The molecule has 6 nitrogen and oxygen atoms in total. The third kappa shape index (κ3) is 4.12. The van der Waals surface area contributed by atoms with Crippen molar-refractivity contribution in [1.29, 1.82) is 5.26 Å². The van der Waals surface area contributed by atoms with Gasteiger partial charge in [-0.3, -0.25) is 4.68 Å². The molecule has 170 valence electrons. The first-order valence-corrected chi connectivity index (χ1v) is 11.5. The van der Waals surface area contributed by atoms with Crippen molar-refractivity contribution in [3.8, 4) is 17.2 Å². The Morgan fingerprint density at radius 1 is 1.18 bits per heavy atom. The number of hydrogen-bond donors (Lipinski definition) is 1. The zero-order valence-electron chi connectivity index (χ0n) is 16.7. The van der Waals surface area contributed by atoms with Crippen molar-refractivity contribution in [2.75, 3.05) is 6.61 Å². The van der Waals surface area contributed by atoms with E-state index in [0.717, 1.165) is 12.1 Å².